The molecule has 0 aliphatic rings. The Morgan fingerprint density at radius 2 is 2.15 bits per heavy atom. The smallest absolute Gasteiger partial charge is 0.113 e. The molecule has 0 bridgehead atoms. The summed E-state index contributed by atoms with van der Waals surface area (Å²) >= 11 is 0. The summed E-state index contributed by atoms with van der Waals surface area (Å²) in [4.78, 5) is 0. The van der Waals surface area contributed by atoms with Crippen LogP contribution in [0.1, 0.15) is 11.1 Å². The molecule has 0 fully saturated rings. The Hall–Kier alpha value is -1.57. The minimum Gasteiger partial charge on any atom is -0.240 e. The van der Waals surface area contributed by atoms with Crippen molar-refractivity contribution in [3.8, 4) is 5.69 Å². The van der Waals surface area contributed by atoms with Crippen LogP contribution in [0.2, 0.25) is 0 Å². The first-order valence-electron chi connectivity index (χ1n) is 4.27. The zero-order valence-corrected chi connectivity index (χ0v) is 7.78. The fourth-order valence-electron chi connectivity index (χ4n) is 1.33. The molecule has 0 amide bonds. The lowest BCUT2D eigenvalue weighted by Gasteiger charge is -2.06. The van der Waals surface area contributed by atoms with Crippen molar-refractivity contribution >= 4 is 0 Å². The van der Waals surface area contributed by atoms with Gasteiger partial charge in [0, 0.05) is 6.20 Å². The van der Waals surface area contributed by atoms with Crippen molar-refractivity contribution in [3.63, 3.8) is 0 Å². The van der Waals surface area contributed by atoms with Crippen LogP contribution in [0.4, 0.5) is 0 Å². The number of nitrogens with zero attached hydrogens (tertiary/aromatic N) is 2. The molecule has 0 N–H and O–H groups in total. The number of aryl methyl sites for hydroxylation is 2. The number of rotatable bonds is 1. The predicted octanol–water partition coefficient (Wildman–Crippen LogP) is 2.29. The Bertz CT molecular complexity index is 402. The van der Waals surface area contributed by atoms with E-state index >= 15 is 0 Å². The van der Waals surface area contributed by atoms with Crippen molar-refractivity contribution in [1.29, 1.82) is 0 Å². The average molecular weight is 171 g/mol. The van der Waals surface area contributed by atoms with Gasteiger partial charge in [0.25, 0.3) is 0 Å². The molecule has 1 aromatic carbocycles. The topological polar surface area (TPSA) is 17.8 Å². The van der Waals surface area contributed by atoms with Crippen molar-refractivity contribution < 1.29 is 0 Å². The van der Waals surface area contributed by atoms with Gasteiger partial charge in [-0.2, -0.15) is 5.10 Å². The van der Waals surface area contributed by atoms with Gasteiger partial charge in [-0.3, -0.25) is 0 Å². The van der Waals surface area contributed by atoms with Crippen LogP contribution in [0.15, 0.2) is 30.5 Å². The van der Waals surface area contributed by atoms with Gasteiger partial charge in [-0.15, -0.1) is 0 Å². The van der Waals surface area contributed by atoms with E-state index in [1.807, 2.05) is 16.9 Å². The van der Waals surface area contributed by atoms with Crippen LogP contribution in [0.5, 0.6) is 0 Å². The maximum absolute atomic E-state index is 4.08. The first-order chi connectivity index (χ1) is 6.27. The van der Waals surface area contributed by atoms with E-state index in [4.69, 9.17) is 0 Å². The predicted molar refractivity (Wildman–Crippen MR) is 51.9 cm³/mol. The van der Waals surface area contributed by atoms with E-state index in [0.717, 1.165) is 5.69 Å². The van der Waals surface area contributed by atoms with E-state index < -0.39 is 0 Å². The quantitative estimate of drug-likeness (QED) is 0.643. The molecule has 0 aliphatic carbocycles. The lowest BCUT2D eigenvalue weighted by Crippen LogP contribution is -1.97. The fourth-order valence-corrected chi connectivity index (χ4v) is 1.33. The number of aromatic nitrogens is 2. The van der Waals surface area contributed by atoms with Crippen molar-refractivity contribution in [2.45, 2.75) is 13.8 Å². The third kappa shape index (κ3) is 1.47. The van der Waals surface area contributed by atoms with E-state index in [1.165, 1.54) is 11.1 Å². The zero-order valence-electron chi connectivity index (χ0n) is 7.78. The van der Waals surface area contributed by atoms with Crippen molar-refractivity contribution in [2.24, 2.45) is 0 Å². The van der Waals surface area contributed by atoms with E-state index in [-0.39, 0.29) is 0 Å². The summed E-state index contributed by atoms with van der Waals surface area (Å²) in [5.41, 5.74) is 3.60. The summed E-state index contributed by atoms with van der Waals surface area (Å²) in [5.74, 6) is 0. The van der Waals surface area contributed by atoms with Crippen LogP contribution in [-0.2, 0) is 0 Å². The van der Waals surface area contributed by atoms with Crippen LogP contribution in [0, 0.1) is 20.0 Å². The number of hydrogen-bond acceptors (Lipinski definition) is 1. The zero-order chi connectivity index (χ0) is 9.26. The van der Waals surface area contributed by atoms with E-state index in [0.29, 0.717) is 0 Å². The lowest BCUT2D eigenvalue weighted by molar-refractivity contribution is 0.868. The molecule has 0 spiro atoms. The summed E-state index contributed by atoms with van der Waals surface area (Å²) in [5, 5.41) is 4.08. The minimum atomic E-state index is 1.13. The molecule has 0 unspecified atom stereocenters. The maximum Gasteiger partial charge on any atom is 0.113 e. The highest BCUT2D eigenvalue weighted by molar-refractivity contribution is 5.42. The summed E-state index contributed by atoms with van der Waals surface area (Å²) in [6.07, 6.45) is 4.69. The summed E-state index contributed by atoms with van der Waals surface area (Å²) in [7, 11) is 0. The lowest BCUT2D eigenvalue weighted by atomic mass is 10.1. The second kappa shape index (κ2) is 3.05. The van der Waals surface area contributed by atoms with Gasteiger partial charge >= 0.3 is 0 Å². The summed E-state index contributed by atoms with van der Waals surface area (Å²) in [6, 6.07) is 8.14. The van der Waals surface area contributed by atoms with Crippen LogP contribution in [0.3, 0.4) is 0 Å². The van der Waals surface area contributed by atoms with Gasteiger partial charge in [0.2, 0.25) is 0 Å². The van der Waals surface area contributed by atoms with Crippen LogP contribution in [-0.4, -0.2) is 9.78 Å². The summed E-state index contributed by atoms with van der Waals surface area (Å²) < 4.78 is 1.84. The molecule has 2 heteroatoms. The second-order valence-electron chi connectivity index (χ2n) is 3.18. The van der Waals surface area contributed by atoms with Crippen molar-refractivity contribution in [2.75, 3.05) is 0 Å². The first-order valence-corrected chi connectivity index (χ1v) is 4.27. The van der Waals surface area contributed by atoms with Gasteiger partial charge in [-0.05, 0) is 37.1 Å². The number of hydrogen-bond donors (Lipinski definition) is 0. The molecule has 13 heavy (non-hydrogen) atoms. The van der Waals surface area contributed by atoms with Crippen molar-refractivity contribution in [1.82, 2.24) is 9.78 Å². The van der Waals surface area contributed by atoms with E-state index in [1.54, 1.807) is 0 Å². The van der Waals surface area contributed by atoms with Crippen LogP contribution >= 0.6 is 0 Å². The Labute approximate surface area is 77.8 Å². The van der Waals surface area contributed by atoms with Gasteiger partial charge < -0.3 is 0 Å². The first kappa shape index (κ1) is 8.05. The molecule has 2 nitrogen and oxygen atoms in total. The summed E-state index contributed by atoms with van der Waals surface area (Å²) in [6.45, 7) is 4.16. The molecule has 2 rings (SSSR count). The maximum atomic E-state index is 4.08. The molecular weight excluding hydrogens is 160 g/mol. The van der Waals surface area contributed by atoms with E-state index in [2.05, 4.69) is 43.3 Å². The van der Waals surface area contributed by atoms with Crippen LogP contribution in [0.25, 0.3) is 5.69 Å². The Morgan fingerprint density at radius 3 is 2.85 bits per heavy atom. The largest absolute Gasteiger partial charge is 0.240 e. The molecule has 0 saturated carbocycles. The molecule has 1 radical (unpaired) electrons. The minimum absolute atomic E-state index is 1.13. The molecule has 0 aliphatic heterocycles. The average Bonchev–Trinajstić information content (AvgIpc) is 2.61. The van der Waals surface area contributed by atoms with Gasteiger partial charge in [0.05, 0.1) is 5.69 Å². The molecule has 0 atom stereocenters. The molecule has 1 heterocycles. The molecule has 0 saturated heterocycles. The highest BCUT2D eigenvalue weighted by Gasteiger charge is 2.00. The van der Waals surface area contributed by atoms with Gasteiger partial charge in [0.1, 0.15) is 6.20 Å². The van der Waals surface area contributed by atoms with E-state index in [9.17, 15) is 0 Å². The van der Waals surface area contributed by atoms with Gasteiger partial charge in [-0.25, -0.2) is 4.68 Å². The Balaban J connectivity index is 2.57. The molecular formula is C11H11N2. The highest BCUT2D eigenvalue weighted by Crippen LogP contribution is 2.14. The highest BCUT2D eigenvalue weighted by atomic mass is 15.3. The van der Waals surface area contributed by atoms with Crippen LogP contribution < -0.4 is 0 Å². The van der Waals surface area contributed by atoms with Gasteiger partial charge in [0.15, 0.2) is 0 Å². The fraction of sp³-hybridized carbons (Fsp3) is 0.182. The third-order valence-electron chi connectivity index (χ3n) is 2.07. The number of benzene rings is 1. The monoisotopic (exact) mass is 171 g/mol. The Morgan fingerprint density at radius 1 is 1.31 bits per heavy atom. The Kier molecular flexibility index (Phi) is 1.89. The third-order valence-corrected chi connectivity index (χ3v) is 2.07. The molecule has 2 aromatic rings. The molecule has 65 valence electrons. The van der Waals surface area contributed by atoms with Gasteiger partial charge in [-0.1, -0.05) is 12.1 Å². The second-order valence-corrected chi connectivity index (χ2v) is 3.18. The SMILES string of the molecule is Cc1ccc(C)c(-n2cc[c]n2)c1. The van der Waals surface area contributed by atoms with Crippen molar-refractivity contribution in [3.05, 3.63) is 47.8 Å². The normalized spacial score (nSPS) is 10.3. The molecule has 1 aromatic heterocycles. The standard InChI is InChI=1S/C11H11N2/c1-9-4-5-10(2)11(8-9)13-7-3-6-12-13/h3-5,7-8H,1-2H3.